The highest BCUT2D eigenvalue weighted by Crippen LogP contribution is 2.22. The van der Waals surface area contributed by atoms with Crippen LogP contribution >= 0.6 is 0 Å². The van der Waals surface area contributed by atoms with Crippen molar-refractivity contribution >= 4 is 27.3 Å². The van der Waals surface area contributed by atoms with Gasteiger partial charge in [0.2, 0.25) is 15.9 Å². The minimum atomic E-state index is -3.87. The summed E-state index contributed by atoms with van der Waals surface area (Å²) < 4.78 is 40.4. The van der Waals surface area contributed by atoms with Gasteiger partial charge in [-0.2, -0.15) is 4.31 Å². The van der Waals surface area contributed by atoms with Gasteiger partial charge in [0.1, 0.15) is 5.82 Å². The van der Waals surface area contributed by atoms with Crippen LogP contribution in [0.1, 0.15) is 5.56 Å². The molecule has 1 aliphatic heterocycles. The van der Waals surface area contributed by atoms with Gasteiger partial charge in [0.05, 0.1) is 16.4 Å². The van der Waals surface area contributed by atoms with E-state index in [1.807, 2.05) is 0 Å². The third-order valence-electron chi connectivity index (χ3n) is 4.82. The molecule has 1 aliphatic rings. The molecule has 0 bridgehead atoms. The van der Waals surface area contributed by atoms with Gasteiger partial charge in [-0.05, 0) is 30.7 Å². The lowest BCUT2D eigenvalue weighted by Crippen LogP contribution is -2.50. The van der Waals surface area contributed by atoms with Crippen molar-refractivity contribution < 1.29 is 22.5 Å². The van der Waals surface area contributed by atoms with Gasteiger partial charge < -0.3 is 5.32 Å². The molecule has 2 aromatic carbocycles. The van der Waals surface area contributed by atoms with Crippen LogP contribution in [0, 0.1) is 22.9 Å². The first-order chi connectivity index (χ1) is 14.2. The van der Waals surface area contributed by atoms with Crippen LogP contribution < -0.4 is 5.32 Å². The Hall–Kier alpha value is -2.89. The molecular weight excluding hydrogens is 415 g/mol. The number of carbonyl (C=O) groups is 1. The summed E-state index contributed by atoms with van der Waals surface area (Å²) in [6, 6.07) is 9.35. The van der Waals surface area contributed by atoms with Crippen LogP contribution in [0.25, 0.3) is 0 Å². The molecule has 160 valence electrons. The molecule has 3 rings (SSSR count). The van der Waals surface area contributed by atoms with Gasteiger partial charge in [-0.25, -0.2) is 12.8 Å². The van der Waals surface area contributed by atoms with Crippen molar-refractivity contribution in [3.63, 3.8) is 0 Å². The van der Waals surface area contributed by atoms with E-state index in [0.29, 0.717) is 24.3 Å². The van der Waals surface area contributed by atoms with Gasteiger partial charge in [-0.15, -0.1) is 0 Å². The number of hydrogen-bond acceptors (Lipinski definition) is 6. The summed E-state index contributed by atoms with van der Waals surface area (Å²) in [6.07, 6.45) is 0. The molecular formula is C19H21FN4O5S. The van der Waals surface area contributed by atoms with E-state index in [-0.39, 0.29) is 36.1 Å². The topological polar surface area (TPSA) is 113 Å². The number of benzene rings is 2. The van der Waals surface area contributed by atoms with E-state index in [2.05, 4.69) is 5.32 Å². The number of amides is 1. The number of carbonyl (C=O) groups excluding carboxylic acids is 1. The van der Waals surface area contributed by atoms with Crippen LogP contribution in [0.3, 0.4) is 0 Å². The fraction of sp³-hybridized carbons (Fsp3) is 0.316. The second-order valence-electron chi connectivity index (χ2n) is 6.95. The van der Waals surface area contributed by atoms with Crippen molar-refractivity contribution in [1.29, 1.82) is 0 Å². The van der Waals surface area contributed by atoms with E-state index in [4.69, 9.17) is 0 Å². The number of nitro benzene ring substituents is 1. The van der Waals surface area contributed by atoms with E-state index < -0.39 is 20.8 Å². The molecule has 2 aromatic rings. The zero-order chi connectivity index (χ0) is 21.9. The first-order valence-corrected chi connectivity index (χ1v) is 10.6. The Labute approximate surface area is 173 Å². The van der Waals surface area contributed by atoms with E-state index >= 15 is 0 Å². The standard InChI is InChI=1S/C19H21FN4O5S/c1-14-5-6-15(11-18(14)20)21-19(25)13-22-7-9-23(10-8-22)30(28,29)17-4-2-3-16(12-17)24(26)27/h2-6,11-12H,7-10,13H2,1H3,(H,21,25). The zero-order valence-electron chi connectivity index (χ0n) is 16.2. The first-order valence-electron chi connectivity index (χ1n) is 9.20. The lowest BCUT2D eigenvalue weighted by atomic mass is 10.2. The quantitative estimate of drug-likeness (QED) is 0.547. The SMILES string of the molecule is Cc1ccc(NC(=O)CN2CCN(S(=O)(=O)c3cccc([N+](=O)[O-])c3)CC2)cc1F. The van der Waals surface area contributed by atoms with Crippen LogP contribution in [0.5, 0.6) is 0 Å². The highest BCUT2D eigenvalue weighted by Gasteiger charge is 2.30. The minimum Gasteiger partial charge on any atom is -0.325 e. The summed E-state index contributed by atoms with van der Waals surface area (Å²) in [5, 5.41) is 13.5. The van der Waals surface area contributed by atoms with Crippen LogP contribution in [-0.4, -0.2) is 61.2 Å². The number of hydrogen-bond donors (Lipinski definition) is 1. The second-order valence-corrected chi connectivity index (χ2v) is 8.88. The summed E-state index contributed by atoms with van der Waals surface area (Å²) in [5.74, 6) is -0.735. The molecule has 1 N–H and O–H groups in total. The Morgan fingerprint density at radius 3 is 2.50 bits per heavy atom. The van der Waals surface area contributed by atoms with Crippen molar-refractivity contribution in [2.24, 2.45) is 0 Å². The number of anilines is 1. The average molecular weight is 436 g/mol. The Bertz CT molecular complexity index is 1070. The number of nitro groups is 1. The summed E-state index contributed by atoms with van der Waals surface area (Å²) in [7, 11) is -3.87. The maximum atomic E-state index is 13.6. The van der Waals surface area contributed by atoms with Gasteiger partial charge in [0.15, 0.2) is 0 Å². The number of aryl methyl sites for hydroxylation is 1. The van der Waals surface area contributed by atoms with Gasteiger partial charge in [0.25, 0.3) is 5.69 Å². The summed E-state index contributed by atoms with van der Waals surface area (Å²) >= 11 is 0. The molecule has 0 unspecified atom stereocenters. The Kier molecular flexibility index (Phi) is 6.44. The van der Waals surface area contributed by atoms with E-state index in [1.54, 1.807) is 24.0 Å². The predicted octanol–water partition coefficient (Wildman–Crippen LogP) is 1.99. The highest BCUT2D eigenvalue weighted by molar-refractivity contribution is 7.89. The number of non-ortho nitro benzene ring substituents is 1. The fourth-order valence-corrected chi connectivity index (χ4v) is 4.57. The van der Waals surface area contributed by atoms with Gasteiger partial charge >= 0.3 is 0 Å². The Morgan fingerprint density at radius 1 is 1.17 bits per heavy atom. The summed E-state index contributed by atoms with van der Waals surface area (Å²) in [5.41, 5.74) is 0.544. The van der Waals surface area contributed by atoms with Crippen molar-refractivity contribution in [3.05, 3.63) is 64.0 Å². The first kappa shape index (κ1) is 21.8. The molecule has 0 spiro atoms. The van der Waals surface area contributed by atoms with Gasteiger partial charge in [-0.1, -0.05) is 12.1 Å². The molecule has 1 amide bonds. The lowest BCUT2D eigenvalue weighted by molar-refractivity contribution is -0.385. The smallest absolute Gasteiger partial charge is 0.270 e. The molecule has 30 heavy (non-hydrogen) atoms. The summed E-state index contributed by atoms with van der Waals surface area (Å²) in [6.45, 7) is 2.62. The maximum Gasteiger partial charge on any atom is 0.270 e. The molecule has 0 radical (unpaired) electrons. The molecule has 9 nitrogen and oxygen atoms in total. The average Bonchev–Trinajstić information content (AvgIpc) is 2.71. The number of rotatable bonds is 6. The van der Waals surface area contributed by atoms with Crippen molar-refractivity contribution in [1.82, 2.24) is 9.21 Å². The molecule has 1 fully saturated rings. The molecule has 1 heterocycles. The van der Waals surface area contributed by atoms with Gasteiger partial charge in [-0.3, -0.25) is 19.8 Å². The fourth-order valence-electron chi connectivity index (χ4n) is 3.11. The van der Waals surface area contributed by atoms with Crippen molar-refractivity contribution in [2.45, 2.75) is 11.8 Å². The second kappa shape index (κ2) is 8.86. The van der Waals surface area contributed by atoms with Crippen molar-refractivity contribution in [3.8, 4) is 0 Å². The van der Waals surface area contributed by atoms with Crippen LogP contribution in [0.4, 0.5) is 15.8 Å². The highest BCUT2D eigenvalue weighted by atomic mass is 32.2. The summed E-state index contributed by atoms with van der Waals surface area (Å²) in [4.78, 5) is 24.1. The molecule has 11 heteroatoms. The Balaban J connectivity index is 1.57. The van der Waals surface area contributed by atoms with E-state index in [0.717, 1.165) is 6.07 Å². The molecule has 0 aliphatic carbocycles. The number of sulfonamides is 1. The van der Waals surface area contributed by atoms with E-state index in [9.17, 15) is 27.7 Å². The lowest BCUT2D eigenvalue weighted by Gasteiger charge is -2.33. The maximum absolute atomic E-state index is 13.6. The number of halogens is 1. The largest absolute Gasteiger partial charge is 0.325 e. The molecule has 0 saturated carbocycles. The van der Waals surface area contributed by atoms with E-state index in [1.165, 1.54) is 28.6 Å². The van der Waals surface area contributed by atoms with Gasteiger partial charge in [0, 0.05) is 44.0 Å². The van der Waals surface area contributed by atoms with Crippen LogP contribution in [-0.2, 0) is 14.8 Å². The predicted molar refractivity (Wildman–Crippen MR) is 108 cm³/mol. The monoisotopic (exact) mass is 436 g/mol. The van der Waals surface area contributed by atoms with Crippen molar-refractivity contribution in [2.75, 3.05) is 38.0 Å². The molecule has 1 saturated heterocycles. The number of piperazine rings is 1. The third-order valence-corrected chi connectivity index (χ3v) is 6.71. The van der Waals surface area contributed by atoms with Crippen LogP contribution in [0.2, 0.25) is 0 Å². The molecule has 0 aromatic heterocycles. The number of nitrogens with one attached hydrogen (secondary N) is 1. The van der Waals surface area contributed by atoms with Crippen LogP contribution in [0.15, 0.2) is 47.4 Å². The number of nitrogens with zero attached hydrogens (tertiary/aromatic N) is 3. The normalized spacial score (nSPS) is 15.7. The Morgan fingerprint density at radius 2 is 1.87 bits per heavy atom. The third kappa shape index (κ3) is 4.99. The minimum absolute atomic E-state index is 0.0419. The molecule has 0 atom stereocenters. The zero-order valence-corrected chi connectivity index (χ0v) is 17.1.